The van der Waals surface area contributed by atoms with Crippen LogP contribution in [0.25, 0.3) is 0 Å². The molecule has 0 saturated carbocycles. The number of carbonyl (C=O) groups is 1. The summed E-state index contributed by atoms with van der Waals surface area (Å²) in [6.45, 7) is 13.4. The Morgan fingerprint density at radius 3 is 2.50 bits per heavy atom. The summed E-state index contributed by atoms with van der Waals surface area (Å²) in [7, 11) is 5.29. The molecule has 1 amide bonds. The number of fused-ring (bicyclic) bond motifs is 4. The molecule has 2 heterocycles. The van der Waals surface area contributed by atoms with Crippen LogP contribution in [0, 0.1) is 0 Å². The number of amides is 1. The summed E-state index contributed by atoms with van der Waals surface area (Å²) >= 11 is 0. The number of methoxy groups -OCH3 is 1. The zero-order chi connectivity index (χ0) is 34.1. The number of benzene rings is 3. The summed E-state index contributed by atoms with van der Waals surface area (Å²) in [5, 5.41) is 0. The molecule has 0 spiro atoms. The molecule has 10 heteroatoms. The molecular weight excluding hydrogens is 643 g/mol. The van der Waals surface area contributed by atoms with Crippen molar-refractivity contribution in [2.75, 3.05) is 62.7 Å². The minimum Gasteiger partial charge on any atom is -0.493 e. The fourth-order valence-electron chi connectivity index (χ4n) is 6.22. The average molecular weight is 692 g/mol. The molecular formula is C38H49N3O5S2. The van der Waals surface area contributed by atoms with Crippen LogP contribution in [-0.4, -0.2) is 75.8 Å². The van der Waals surface area contributed by atoms with E-state index in [-0.39, 0.29) is 16.7 Å². The van der Waals surface area contributed by atoms with E-state index in [4.69, 9.17) is 23.9 Å². The third-order valence-corrected chi connectivity index (χ3v) is 11.0. The van der Waals surface area contributed by atoms with E-state index in [1.165, 1.54) is 5.56 Å². The second kappa shape index (κ2) is 17.0. The van der Waals surface area contributed by atoms with Gasteiger partial charge in [0.1, 0.15) is 6.61 Å². The number of aliphatic imine (C=N–C) groups is 1. The average Bonchev–Trinajstić information content (AvgIpc) is 3.40. The highest BCUT2D eigenvalue weighted by atomic mass is 33.1. The predicted molar refractivity (Wildman–Crippen MR) is 201 cm³/mol. The maximum Gasteiger partial charge on any atom is 0.261 e. The number of hydrogen-bond donors (Lipinski definition) is 0. The van der Waals surface area contributed by atoms with Gasteiger partial charge in [0.25, 0.3) is 5.91 Å². The highest BCUT2D eigenvalue weighted by Gasteiger charge is 2.36. The number of ether oxygens (including phenoxy) is 4. The van der Waals surface area contributed by atoms with Gasteiger partial charge >= 0.3 is 0 Å². The van der Waals surface area contributed by atoms with E-state index >= 15 is 0 Å². The summed E-state index contributed by atoms with van der Waals surface area (Å²) in [5.74, 6) is 0.982. The number of hydrogen-bond acceptors (Lipinski definition) is 9. The van der Waals surface area contributed by atoms with Crippen molar-refractivity contribution >= 4 is 50.8 Å². The zero-order valence-corrected chi connectivity index (χ0v) is 30.8. The minimum absolute atomic E-state index is 0.0346. The summed E-state index contributed by atoms with van der Waals surface area (Å²) in [6, 6.07) is 18.2. The Morgan fingerprint density at radius 2 is 1.75 bits per heavy atom. The third kappa shape index (κ3) is 8.88. The molecule has 0 aliphatic carbocycles. The first kappa shape index (κ1) is 36.1. The van der Waals surface area contributed by atoms with Crippen LogP contribution in [0.1, 0.15) is 61.2 Å². The number of nitrogens with zero attached hydrogens (tertiary/aromatic N) is 3. The standard InChI is InChI=1S/C38H49N3O5S2/c1-7-14-44-16-17-45-15-13-40(26-38(3,4)48-47-6)30-19-27(8-2)18-28(20-30)25-46-36-23-33-32(22-35(36)43-5)37(42)41-31(24-39-33)21-29-11-9-10-12-34(29)41/h9-12,18-20,22-24,31H,7-8,13-17,21,25-26H2,1-6H3/t31-/m0/s1. The van der Waals surface area contributed by atoms with E-state index in [0.717, 1.165) is 61.5 Å². The third-order valence-electron chi connectivity index (χ3n) is 8.44. The quantitative estimate of drug-likeness (QED) is 0.0978. The largest absolute Gasteiger partial charge is 0.493 e. The smallest absolute Gasteiger partial charge is 0.261 e. The van der Waals surface area contributed by atoms with E-state index in [0.29, 0.717) is 49.2 Å². The summed E-state index contributed by atoms with van der Waals surface area (Å²) < 4.78 is 23.8. The predicted octanol–water partition coefficient (Wildman–Crippen LogP) is 8.16. The van der Waals surface area contributed by atoms with Crippen molar-refractivity contribution in [2.24, 2.45) is 4.99 Å². The Kier molecular flexibility index (Phi) is 12.8. The molecule has 0 unspecified atom stereocenters. The van der Waals surface area contributed by atoms with Crippen molar-refractivity contribution < 1.29 is 23.7 Å². The van der Waals surface area contributed by atoms with E-state index in [2.05, 4.69) is 63.1 Å². The van der Waals surface area contributed by atoms with Crippen molar-refractivity contribution in [2.45, 2.75) is 64.4 Å². The van der Waals surface area contributed by atoms with Gasteiger partial charge in [-0.25, -0.2) is 0 Å². The molecule has 2 aliphatic heterocycles. The molecule has 3 aromatic carbocycles. The zero-order valence-electron chi connectivity index (χ0n) is 29.1. The minimum atomic E-state index is -0.116. The highest BCUT2D eigenvalue weighted by molar-refractivity contribution is 8.77. The van der Waals surface area contributed by atoms with Crippen molar-refractivity contribution in [1.82, 2.24) is 0 Å². The monoisotopic (exact) mass is 691 g/mol. The van der Waals surface area contributed by atoms with E-state index < -0.39 is 0 Å². The van der Waals surface area contributed by atoms with Gasteiger partial charge in [-0.05, 0) is 73.9 Å². The molecule has 1 atom stereocenters. The number of anilines is 2. The Bertz CT molecular complexity index is 1580. The van der Waals surface area contributed by atoms with Crippen LogP contribution in [0.2, 0.25) is 0 Å². The molecule has 5 rings (SSSR count). The highest BCUT2D eigenvalue weighted by Crippen LogP contribution is 2.41. The topological polar surface area (TPSA) is 72.8 Å². The maximum atomic E-state index is 13.8. The number of carbonyl (C=O) groups excluding carboxylic acids is 1. The summed E-state index contributed by atoms with van der Waals surface area (Å²) in [4.78, 5) is 22.9. The second-order valence-electron chi connectivity index (χ2n) is 12.7. The number of aryl methyl sites for hydroxylation is 1. The fourth-order valence-corrected chi connectivity index (χ4v) is 8.39. The lowest BCUT2D eigenvalue weighted by Crippen LogP contribution is -2.38. The van der Waals surface area contributed by atoms with Crippen LogP contribution in [0.5, 0.6) is 11.5 Å². The Labute approximate surface area is 294 Å². The maximum absolute atomic E-state index is 13.8. The number of para-hydroxylation sites is 1. The summed E-state index contributed by atoms with van der Waals surface area (Å²) in [5.41, 5.74) is 6.64. The van der Waals surface area contributed by atoms with Crippen molar-refractivity contribution in [3.05, 3.63) is 76.9 Å². The molecule has 48 heavy (non-hydrogen) atoms. The van der Waals surface area contributed by atoms with Crippen LogP contribution in [0.15, 0.2) is 59.6 Å². The van der Waals surface area contributed by atoms with Crippen LogP contribution in [0.4, 0.5) is 17.1 Å². The van der Waals surface area contributed by atoms with Crippen molar-refractivity contribution in [3.63, 3.8) is 0 Å². The first-order valence-corrected chi connectivity index (χ1v) is 19.4. The molecule has 8 nitrogen and oxygen atoms in total. The van der Waals surface area contributed by atoms with Crippen LogP contribution in [-0.2, 0) is 28.9 Å². The van der Waals surface area contributed by atoms with Crippen molar-refractivity contribution in [1.29, 1.82) is 0 Å². The van der Waals surface area contributed by atoms with Crippen molar-refractivity contribution in [3.8, 4) is 11.5 Å². The van der Waals surface area contributed by atoms with Gasteiger partial charge in [0.2, 0.25) is 0 Å². The molecule has 258 valence electrons. The van der Waals surface area contributed by atoms with Crippen LogP contribution in [0.3, 0.4) is 0 Å². The van der Waals surface area contributed by atoms with Gasteiger partial charge in [0.05, 0.1) is 44.2 Å². The van der Waals surface area contributed by atoms with Gasteiger partial charge in [0, 0.05) is 54.5 Å². The first-order valence-electron chi connectivity index (χ1n) is 16.8. The molecule has 0 saturated heterocycles. The van der Waals surface area contributed by atoms with E-state index in [1.807, 2.05) is 46.2 Å². The normalized spacial score (nSPS) is 15.2. The van der Waals surface area contributed by atoms with Gasteiger partial charge in [0.15, 0.2) is 11.5 Å². The Balaban J connectivity index is 1.35. The molecule has 3 aromatic rings. The molecule has 0 N–H and O–H groups in total. The fraction of sp³-hybridized carbons (Fsp3) is 0.474. The van der Waals surface area contributed by atoms with Crippen LogP contribution >= 0.6 is 21.6 Å². The van der Waals surface area contributed by atoms with Gasteiger partial charge in [-0.1, -0.05) is 59.7 Å². The van der Waals surface area contributed by atoms with Gasteiger partial charge in [-0.3, -0.25) is 14.7 Å². The van der Waals surface area contributed by atoms with Gasteiger partial charge in [-0.15, -0.1) is 0 Å². The SMILES string of the molecule is CCCOCCOCCN(CC(C)(C)SSC)c1cc(CC)cc(COc2cc3c(cc2OC)C(=O)N2c4ccccc4C[C@H]2C=N3)c1. The van der Waals surface area contributed by atoms with Crippen LogP contribution < -0.4 is 19.3 Å². The summed E-state index contributed by atoms with van der Waals surface area (Å²) in [6.07, 6.45) is 6.67. The van der Waals surface area contributed by atoms with E-state index in [9.17, 15) is 4.79 Å². The second-order valence-corrected chi connectivity index (χ2v) is 15.8. The lowest BCUT2D eigenvalue weighted by Gasteiger charge is -2.34. The van der Waals surface area contributed by atoms with Gasteiger partial charge in [-0.2, -0.15) is 0 Å². The number of rotatable bonds is 18. The molecule has 2 aliphatic rings. The Morgan fingerprint density at radius 1 is 0.979 bits per heavy atom. The molecule has 0 radical (unpaired) electrons. The Hall–Kier alpha value is -3.18. The molecule has 0 aromatic heterocycles. The lowest BCUT2D eigenvalue weighted by molar-refractivity contribution is 0.0505. The molecule has 0 bridgehead atoms. The van der Waals surface area contributed by atoms with Gasteiger partial charge < -0.3 is 23.8 Å². The first-order chi connectivity index (χ1) is 23.3. The van der Waals surface area contributed by atoms with E-state index in [1.54, 1.807) is 24.0 Å². The lowest BCUT2D eigenvalue weighted by atomic mass is 10.1. The molecule has 0 fully saturated rings.